The lowest BCUT2D eigenvalue weighted by molar-refractivity contribution is 0.0725. The van der Waals surface area contributed by atoms with Gasteiger partial charge in [0, 0.05) is 25.2 Å². The average Bonchev–Trinajstić information content (AvgIpc) is 3.34. The molecule has 1 N–H and O–H groups in total. The van der Waals surface area contributed by atoms with E-state index in [0.29, 0.717) is 43.0 Å². The van der Waals surface area contributed by atoms with E-state index < -0.39 is 15.9 Å². The van der Waals surface area contributed by atoms with Gasteiger partial charge in [-0.25, -0.2) is 8.42 Å². The fourth-order valence-corrected chi connectivity index (χ4v) is 6.27. The molecule has 5 rings (SSSR count). The van der Waals surface area contributed by atoms with Gasteiger partial charge >= 0.3 is 0 Å². The number of rotatable bonds is 5. The molecule has 3 aromatic carbocycles. The zero-order valence-corrected chi connectivity index (χ0v) is 20.1. The normalized spacial score (nSPS) is 15.5. The summed E-state index contributed by atoms with van der Waals surface area (Å²) in [5.74, 6) is -0.576. The third-order valence-corrected chi connectivity index (χ3v) is 8.39. The topological polar surface area (TPSA) is 86.8 Å². The number of nitrogens with zero attached hydrogens (tertiary/aromatic N) is 2. The molecule has 2 aliphatic heterocycles. The molecular formula is C27H27N3O4S. The summed E-state index contributed by atoms with van der Waals surface area (Å²) < 4.78 is 28.2. The van der Waals surface area contributed by atoms with Gasteiger partial charge in [-0.05, 0) is 67.6 Å². The molecule has 0 bridgehead atoms. The number of fused-ring (bicyclic) bond motifs is 1. The minimum absolute atomic E-state index is 0.0551. The highest BCUT2D eigenvalue weighted by Crippen LogP contribution is 2.33. The molecule has 0 saturated carbocycles. The summed E-state index contributed by atoms with van der Waals surface area (Å²) in [6, 6.07) is 20.4. The molecule has 1 saturated heterocycles. The number of hydrogen-bond donors (Lipinski definition) is 1. The predicted octanol–water partition coefficient (Wildman–Crippen LogP) is 4.32. The van der Waals surface area contributed by atoms with E-state index in [1.165, 1.54) is 16.4 Å². The van der Waals surface area contributed by atoms with E-state index in [9.17, 15) is 18.0 Å². The van der Waals surface area contributed by atoms with Crippen LogP contribution in [0.3, 0.4) is 0 Å². The Morgan fingerprint density at radius 2 is 1.54 bits per heavy atom. The fourth-order valence-electron chi connectivity index (χ4n) is 4.72. The van der Waals surface area contributed by atoms with Gasteiger partial charge in [0.05, 0.1) is 21.8 Å². The number of para-hydroxylation sites is 2. The van der Waals surface area contributed by atoms with E-state index in [2.05, 4.69) is 5.32 Å². The van der Waals surface area contributed by atoms with Crippen LogP contribution in [0.4, 0.5) is 11.4 Å². The number of amides is 2. The number of sulfonamides is 1. The molecule has 180 valence electrons. The van der Waals surface area contributed by atoms with Crippen molar-refractivity contribution in [2.45, 2.75) is 30.6 Å². The quantitative estimate of drug-likeness (QED) is 0.578. The van der Waals surface area contributed by atoms with E-state index in [0.717, 1.165) is 24.8 Å². The van der Waals surface area contributed by atoms with Crippen molar-refractivity contribution in [1.29, 1.82) is 0 Å². The van der Waals surface area contributed by atoms with Gasteiger partial charge in [0.2, 0.25) is 0 Å². The summed E-state index contributed by atoms with van der Waals surface area (Å²) in [6.45, 7) is 1.78. The zero-order chi connectivity index (χ0) is 24.4. The van der Waals surface area contributed by atoms with Crippen molar-refractivity contribution in [3.05, 3.63) is 89.5 Å². The van der Waals surface area contributed by atoms with Gasteiger partial charge in [0.1, 0.15) is 0 Å². The van der Waals surface area contributed by atoms with Crippen molar-refractivity contribution in [1.82, 2.24) is 4.90 Å². The fraction of sp³-hybridized carbons (Fsp3) is 0.259. The van der Waals surface area contributed by atoms with Crippen LogP contribution in [0.15, 0.2) is 77.7 Å². The maximum atomic E-state index is 13.4. The van der Waals surface area contributed by atoms with E-state index in [-0.39, 0.29) is 16.4 Å². The van der Waals surface area contributed by atoms with Crippen molar-refractivity contribution in [3.8, 4) is 0 Å². The Hall–Kier alpha value is -3.65. The number of carbonyl (C=O) groups is 2. The van der Waals surface area contributed by atoms with Crippen molar-refractivity contribution < 1.29 is 18.0 Å². The van der Waals surface area contributed by atoms with Gasteiger partial charge in [-0.15, -0.1) is 0 Å². The number of carbonyl (C=O) groups excluding carboxylic acids is 2. The molecule has 0 aromatic heterocycles. The van der Waals surface area contributed by atoms with E-state index in [1.54, 1.807) is 42.5 Å². The largest absolute Gasteiger partial charge is 0.339 e. The van der Waals surface area contributed by atoms with Crippen LogP contribution in [-0.2, 0) is 16.4 Å². The van der Waals surface area contributed by atoms with Gasteiger partial charge in [-0.3, -0.25) is 13.9 Å². The number of benzene rings is 3. The van der Waals surface area contributed by atoms with Crippen LogP contribution in [0.1, 0.15) is 45.5 Å². The third kappa shape index (κ3) is 4.53. The molecule has 0 atom stereocenters. The first-order valence-corrected chi connectivity index (χ1v) is 13.3. The number of nitrogens with one attached hydrogen (secondary N) is 1. The van der Waals surface area contributed by atoms with Crippen LogP contribution in [0.2, 0.25) is 0 Å². The molecule has 0 radical (unpaired) electrons. The second-order valence-corrected chi connectivity index (χ2v) is 10.7. The minimum atomic E-state index is -3.82. The zero-order valence-electron chi connectivity index (χ0n) is 19.3. The second kappa shape index (κ2) is 9.54. The Kier molecular flexibility index (Phi) is 6.30. The summed E-state index contributed by atoms with van der Waals surface area (Å²) in [5, 5.41) is 2.82. The SMILES string of the molecule is O=C(Nc1ccccc1C(=O)N1CCCCC1)c1cccc(S(=O)(=O)N2CCc3ccccc32)c1. The smallest absolute Gasteiger partial charge is 0.264 e. The molecule has 2 amide bonds. The molecule has 7 nitrogen and oxygen atoms in total. The molecule has 1 fully saturated rings. The summed E-state index contributed by atoms with van der Waals surface area (Å²) in [6.07, 6.45) is 3.72. The van der Waals surface area contributed by atoms with Crippen molar-refractivity contribution >= 4 is 33.2 Å². The average molecular weight is 490 g/mol. The number of hydrogen-bond acceptors (Lipinski definition) is 4. The predicted molar refractivity (Wildman–Crippen MR) is 135 cm³/mol. The van der Waals surface area contributed by atoms with E-state index >= 15 is 0 Å². The molecule has 2 heterocycles. The molecule has 8 heteroatoms. The first kappa shape index (κ1) is 23.1. The molecule has 2 aliphatic rings. The third-order valence-electron chi connectivity index (χ3n) is 6.58. The number of piperidine rings is 1. The van der Waals surface area contributed by atoms with Gasteiger partial charge in [-0.2, -0.15) is 0 Å². The summed E-state index contributed by atoms with van der Waals surface area (Å²) >= 11 is 0. The summed E-state index contributed by atoms with van der Waals surface area (Å²) in [4.78, 5) is 28.1. The van der Waals surface area contributed by atoms with Crippen molar-refractivity contribution in [3.63, 3.8) is 0 Å². The van der Waals surface area contributed by atoms with Crippen LogP contribution in [-0.4, -0.2) is 44.8 Å². The Labute approximate surface area is 205 Å². The highest BCUT2D eigenvalue weighted by Gasteiger charge is 2.31. The van der Waals surface area contributed by atoms with E-state index in [1.807, 2.05) is 23.1 Å². The Balaban J connectivity index is 1.38. The molecular weight excluding hydrogens is 462 g/mol. The van der Waals surface area contributed by atoms with Crippen LogP contribution in [0.5, 0.6) is 0 Å². The second-order valence-electron chi connectivity index (χ2n) is 8.84. The lowest BCUT2D eigenvalue weighted by Gasteiger charge is -2.27. The summed E-state index contributed by atoms with van der Waals surface area (Å²) in [7, 11) is -3.82. The van der Waals surface area contributed by atoms with Crippen LogP contribution >= 0.6 is 0 Å². The number of likely N-dealkylation sites (tertiary alicyclic amines) is 1. The minimum Gasteiger partial charge on any atom is -0.339 e. The van der Waals surface area contributed by atoms with Crippen molar-refractivity contribution in [2.75, 3.05) is 29.3 Å². The highest BCUT2D eigenvalue weighted by atomic mass is 32.2. The molecule has 0 spiro atoms. The molecule has 35 heavy (non-hydrogen) atoms. The van der Waals surface area contributed by atoms with Gasteiger partial charge in [0.25, 0.3) is 21.8 Å². The Morgan fingerprint density at radius 3 is 2.37 bits per heavy atom. The van der Waals surface area contributed by atoms with Gasteiger partial charge < -0.3 is 10.2 Å². The first-order valence-electron chi connectivity index (χ1n) is 11.9. The highest BCUT2D eigenvalue weighted by molar-refractivity contribution is 7.92. The van der Waals surface area contributed by atoms with E-state index in [4.69, 9.17) is 0 Å². The molecule has 0 unspecified atom stereocenters. The maximum Gasteiger partial charge on any atom is 0.264 e. The van der Waals surface area contributed by atoms with Gasteiger partial charge in [0.15, 0.2) is 0 Å². The Bertz CT molecular complexity index is 1380. The molecule has 0 aliphatic carbocycles. The number of anilines is 2. The maximum absolute atomic E-state index is 13.4. The first-order chi connectivity index (χ1) is 16.9. The van der Waals surface area contributed by atoms with Crippen LogP contribution in [0, 0.1) is 0 Å². The summed E-state index contributed by atoms with van der Waals surface area (Å²) in [5.41, 5.74) is 2.71. The Morgan fingerprint density at radius 1 is 0.800 bits per heavy atom. The monoisotopic (exact) mass is 489 g/mol. The van der Waals surface area contributed by atoms with Crippen LogP contribution < -0.4 is 9.62 Å². The lowest BCUT2D eigenvalue weighted by atomic mass is 10.1. The van der Waals surface area contributed by atoms with Crippen LogP contribution in [0.25, 0.3) is 0 Å². The molecule has 3 aromatic rings. The lowest BCUT2D eigenvalue weighted by Crippen LogP contribution is -2.36. The van der Waals surface area contributed by atoms with Crippen molar-refractivity contribution in [2.24, 2.45) is 0 Å². The van der Waals surface area contributed by atoms with Gasteiger partial charge in [-0.1, -0.05) is 36.4 Å². The standard InChI is InChI=1S/C27H27N3O4S/c31-26(28-24-13-4-3-12-23(24)27(32)29-16-6-1-7-17-29)21-10-8-11-22(19-21)35(33,34)30-18-15-20-9-2-5-14-25(20)30/h2-5,8-14,19H,1,6-7,15-18H2,(H,28,31).